The summed E-state index contributed by atoms with van der Waals surface area (Å²) in [4.78, 5) is 35.5. The molecule has 0 saturated heterocycles. The molecule has 8 heteroatoms. The van der Waals surface area contributed by atoms with E-state index >= 15 is 0 Å². The molecule has 0 fully saturated rings. The summed E-state index contributed by atoms with van der Waals surface area (Å²) in [5, 5.41) is 2.51. The predicted molar refractivity (Wildman–Crippen MR) is 94.1 cm³/mol. The van der Waals surface area contributed by atoms with Crippen LogP contribution in [0.1, 0.15) is 5.56 Å². The van der Waals surface area contributed by atoms with Crippen molar-refractivity contribution in [1.29, 1.82) is 0 Å². The van der Waals surface area contributed by atoms with Gasteiger partial charge < -0.3 is 14.8 Å². The number of hydrogen-bond acceptors (Lipinski definition) is 5. The molecular formula is C17H19N3O5. The van der Waals surface area contributed by atoms with Crippen LogP contribution in [0.2, 0.25) is 0 Å². The smallest absolute Gasteiger partial charge is 0.332 e. The molecule has 0 aliphatic heterocycles. The standard InChI is InChI=1S/C17H19N3O5/c1-19-14(10-16(22)20(2)17(19)23)18-15(21)8-6-11-5-7-12(24-3)13(9-11)25-4/h5-10H,1-4H3,(H,18,21). The van der Waals surface area contributed by atoms with Crippen LogP contribution in [0.25, 0.3) is 6.08 Å². The zero-order chi connectivity index (χ0) is 18.6. The Morgan fingerprint density at radius 2 is 1.72 bits per heavy atom. The third-order valence-electron chi connectivity index (χ3n) is 3.61. The Hall–Kier alpha value is -3.29. The zero-order valence-corrected chi connectivity index (χ0v) is 14.4. The molecule has 1 heterocycles. The van der Waals surface area contributed by atoms with Gasteiger partial charge in [0.2, 0.25) is 5.91 Å². The topological polar surface area (TPSA) is 91.6 Å². The second kappa shape index (κ2) is 7.52. The summed E-state index contributed by atoms with van der Waals surface area (Å²) >= 11 is 0. The van der Waals surface area contributed by atoms with Gasteiger partial charge in [0.1, 0.15) is 5.82 Å². The number of amides is 1. The quantitative estimate of drug-likeness (QED) is 0.808. The highest BCUT2D eigenvalue weighted by molar-refractivity contribution is 6.01. The SMILES string of the molecule is COc1ccc(C=CC(=O)Nc2cc(=O)n(C)c(=O)n2C)cc1OC. The summed E-state index contributed by atoms with van der Waals surface area (Å²) in [6.45, 7) is 0. The molecule has 2 aromatic rings. The van der Waals surface area contributed by atoms with E-state index in [1.807, 2.05) is 0 Å². The number of ether oxygens (including phenoxy) is 2. The number of carbonyl (C=O) groups excluding carboxylic acids is 1. The van der Waals surface area contributed by atoms with Gasteiger partial charge in [-0.2, -0.15) is 0 Å². The van der Waals surface area contributed by atoms with E-state index in [0.717, 1.165) is 10.1 Å². The molecule has 0 aliphatic rings. The average Bonchev–Trinajstić information content (AvgIpc) is 2.62. The molecule has 1 aromatic heterocycles. The molecule has 1 aromatic carbocycles. The zero-order valence-electron chi connectivity index (χ0n) is 14.4. The molecular weight excluding hydrogens is 326 g/mol. The Kier molecular flexibility index (Phi) is 5.43. The fourth-order valence-electron chi connectivity index (χ4n) is 2.15. The van der Waals surface area contributed by atoms with E-state index in [4.69, 9.17) is 9.47 Å². The Labute approximate surface area is 143 Å². The first-order valence-electron chi connectivity index (χ1n) is 7.35. The van der Waals surface area contributed by atoms with Crippen molar-refractivity contribution in [2.75, 3.05) is 19.5 Å². The summed E-state index contributed by atoms with van der Waals surface area (Å²) in [6, 6.07) is 6.39. The van der Waals surface area contributed by atoms with Gasteiger partial charge in [-0.25, -0.2) is 4.79 Å². The van der Waals surface area contributed by atoms with Gasteiger partial charge in [0, 0.05) is 26.2 Å². The maximum absolute atomic E-state index is 12.0. The minimum absolute atomic E-state index is 0.120. The number of rotatable bonds is 5. The first kappa shape index (κ1) is 18.1. The number of nitrogens with one attached hydrogen (secondary N) is 1. The number of nitrogens with zero attached hydrogens (tertiary/aromatic N) is 2. The second-order valence-corrected chi connectivity index (χ2v) is 5.21. The molecule has 25 heavy (non-hydrogen) atoms. The van der Waals surface area contributed by atoms with Crippen molar-refractivity contribution in [3.05, 3.63) is 56.7 Å². The number of benzene rings is 1. The lowest BCUT2D eigenvalue weighted by Gasteiger charge is -2.09. The molecule has 0 unspecified atom stereocenters. The number of methoxy groups -OCH3 is 2. The molecule has 0 saturated carbocycles. The number of aromatic nitrogens is 2. The summed E-state index contributed by atoms with van der Waals surface area (Å²) < 4.78 is 12.5. The van der Waals surface area contributed by atoms with Gasteiger partial charge in [0.15, 0.2) is 11.5 Å². The molecule has 1 N–H and O–H groups in total. The maximum atomic E-state index is 12.0. The van der Waals surface area contributed by atoms with Gasteiger partial charge in [-0.15, -0.1) is 0 Å². The second-order valence-electron chi connectivity index (χ2n) is 5.21. The first-order chi connectivity index (χ1) is 11.9. The van der Waals surface area contributed by atoms with Crippen LogP contribution in [0.3, 0.4) is 0 Å². The van der Waals surface area contributed by atoms with Gasteiger partial charge in [0.05, 0.1) is 14.2 Å². The molecule has 132 valence electrons. The summed E-state index contributed by atoms with van der Waals surface area (Å²) in [5.41, 5.74) is -0.292. The normalized spacial score (nSPS) is 10.7. The molecule has 2 rings (SSSR count). The summed E-state index contributed by atoms with van der Waals surface area (Å²) in [6.07, 6.45) is 2.87. The molecule has 0 bridgehead atoms. The highest BCUT2D eigenvalue weighted by Gasteiger charge is 2.08. The van der Waals surface area contributed by atoms with E-state index in [1.165, 1.54) is 45.0 Å². The monoisotopic (exact) mass is 345 g/mol. The van der Waals surface area contributed by atoms with Crippen molar-refractivity contribution in [3.8, 4) is 11.5 Å². The Bertz CT molecular complexity index is 940. The van der Waals surface area contributed by atoms with Crippen molar-refractivity contribution < 1.29 is 14.3 Å². The van der Waals surface area contributed by atoms with Crippen LogP contribution in [-0.4, -0.2) is 29.3 Å². The fourth-order valence-corrected chi connectivity index (χ4v) is 2.15. The Morgan fingerprint density at radius 1 is 1.04 bits per heavy atom. The summed E-state index contributed by atoms with van der Waals surface area (Å²) in [5.74, 6) is 0.770. The van der Waals surface area contributed by atoms with Crippen LogP contribution in [0, 0.1) is 0 Å². The maximum Gasteiger partial charge on any atom is 0.332 e. The fraction of sp³-hybridized carbons (Fsp3) is 0.235. The van der Waals surface area contributed by atoms with Crippen LogP contribution in [0.5, 0.6) is 11.5 Å². The van der Waals surface area contributed by atoms with E-state index in [2.05, 4.69) is 5.32 Å². The Morgan fingerprint density at radius 3 is 2.36 bits per heavy atom. The molecule has 1 amide bonds. The highest BCUT2D eigenvalue weighted by Crippen LogP contribution is 2.27. The average molecular weight is 345 g/mol. The minimum atomic E-state index is -0.522. The molecule has 8 nitrogen and oxygen atoms in total. The van der Waals surface area contributed by atoms with E-state index in [1.54, 1.807) is 24.3 Å². The third-order valence-corrected chi connectivity index (χ3v) is 3.61. The van der Waals surface area contributed by atoms with Crippen LogP contribution < -0.4 is 26.0 Å². The largest absolute Gasteiger partial charge is 0.493 e. The molecule has 0 atom stereocenters. The van der Waals surface area contributed by atoms with Crippen LogP contribution in [-0.2, 0) is 18.9 Å². The molecule has 0 radical (unpaired) electrons. The lowest BCUT2D eigenvalue weighted by atomic mass is 10.2. The van der Waals surface area contributed by atoms with Gasteiger partial charge in [-0.1, -0.05) is 6.07 Å². The van der Waals surface area contributed by atoms with Gasteiger partial charge in [-0.05, 0) is 23.8 Å². The number of carbonyl (C=O) groups is 1. The van der Waals surface area contributed by atoms with E-state index in [-0.39, 0.29) is 5.82 Å². The highest BCUT2D eigenvalue weighted by atomic mass is 16.5. The Balaban J connectivity index is 2.20. The number of hydrogen-bond donors (Lipinski definition) is 1. The van der Waals surface area contributed by atoms with Crippen molar-refractivity contribution in [3.63, 3.8) is 0 Å². The van der Waals surface area contributed by atoms with Crippen LogP contribution >= 0.6 is 0 Å². The van der Waals surface area contributed by atoms with E-state index < -0.39 is 17.2 Å². The molecule has 0 aliphatic carbocycles. The summed E-state index contributed by atoms with van der Waals surface area (Å²) in [7, 11) is 5.90. The van der Waals surface area contributed by atoms with Gasteiger partial charge in [-0.3, -0.25) is 18.7 Å². The minimum Gasteiger partial charge on any atom is -0.493 e. The van der Waals surface area contributed by atoms with E-state index in [0.29, 0.717) is 11.5 Å². The first-order valence-corrected chi connectivity index (χ1v) is 7.35. The van der Waals surface area contributed by atoms with E-state index in [9.17, 15) is 14.4 Å². The van der Waals surface area contributed by atoms with Gasteiger partial charge in [0.25, 0.3) is 5.56 Å². The van der Waals surface area contributed by atoms with Crippen molar-refractivity contribution >= 4 is 17.8 Å². The van der Waals surface area contributed by atoms with Crippen molar-refractivity contribution in [2.24, 2.45) is 14.1 Å². The lowest BCUT2D eigenvalue weighted by Crippen LogP contribution is -2.37. The number of anilines is 1. The lowest BCUT2D eigenvalue weighted by molar-refractivity contribution is -0.111. The molecule has 0 spiro atoms. The van der Waals surface area contributed by atoms with Gasteiger partial charge >= 0.3 is 5.69 Å². The van der Waals surface area contributed by atoms with Crippen molar-refractivity contribution in [2.45, 2.75) is 0 Å². The predicted octanol–water partition coefficient (Wildman–Crippen LogP) is 0.753. The van der Waals surface area contributed by atoms with Crippen LogP contribution in [0.4, 0.5) is 5.82 Å². The van der Waals surface area contributed by atoms with Crippen molar-refractivity contribution in [1.82, 2.24) is 9.13 Å². The van der Waals surface area contributed by atoms with Crippen LogP contribution in [0.15, 0.2) is 39.9 Å². The third kappa shape index (κ3) is 3.97.